The van der Waals surface area contributed by atoms with Crippen molar-refractivity contribution in [1.29, 1.82) is 0 Å². The van der Waals surface area contributed by atoms with Crippen LogP contribution in [-0.4, -0.2) is 24.1 Å². The molecule has 0 aliphatic heterocycles. The van der Waals surface area contributed by atoms with Crippen LogP contribution in [0, 0.1) is 11.6 Å². The summed E-state index contributed by atoms with van der Waals surface area (Å²) in [6.07, 6.45) is 1.83. The second kappa shape index (κ2) is 8.62. The Labute approximate surface area is 155 Å². The Morgan fingerprint density at radius 2 is 1.78 bits per heavy atom. The minimum Gasteiger partial charge on any atom is -0.446 e. The average molecular weight is 374 g/mol. The zero-order valence-electron chi connectivity index (χ0n) is 14.6. The Morgan fingerprint density at radius 3 is 2.52 bits per heavy atom. The van der Waals surface area contributed by atoms with Crippen molar-refractivity contribution >= 4 is 17.7 Å². The molecule has 0 saturated heterocycles. The Hall–Kier alpha value is -2.96. The number of amides is 2. The van der Waals surface area contributed by atoms with E-state index in [1.54, 1.807) is 24.3 Å². The molecule has 3 rings (SSSR count). The molecular formula is C20H20F2N2O3. The van der Waals surface area contributed by atoms with Crippen molar-refractivity contribution in [3.05, 3.63) is 65.7 Å². The maximum Gasteiger partial charge on any atom is 0.411 e. The number of hydrogen-bond acceptors (Lipinski definition) is 3. The van der Waals surface area contributed by atoms with E-state index in [9.17, 15) is 18.4 Å². The highest BCUT2D eigenvalue weighted by Crippen LogP contribution is 2.22. The van der Waals surface area contributed by atoms with Crippen molar-refractivity contribution in [2.24, 2.45) is 0 Å². The number of rotatable bonds is 4. The molecule has 5 nitrogen and oxygen atoms in total. The van der Waals surface area contributed by atoms with Gasteiger partial charge in [-0.2, -0.15) is 0 Å². The van der Waals surface area contributed by atoms with Gasteiger partial charge in [-0.25, -0.2) is 13.6 Å². The van der Waals surface area contributed by atoms with Crippen LogP contribution in [0.1, 0.15) is 36.0 Å². The Morgan fingerprint density at radius 1 is 1.00 bits per heavy atom. The molecule has 0 spiro atoms. The van der Waals surface area contributed by atoms with Crippen molar-refractivity contribution in [2.45, 2.75) is 37.8 Å². The van der Waals surface area contributed by atoms with Gasteiger partial charge in [0.25, 0.3) is 5.91 Å². The van der Waals surface area contributed by atoms with Crippen molar-refractivity contribution < 1.29 is 23.1 Å². The van der Waals surface area contributed by atoms with Gasteiger partial charge in [-0.15, -0.1) is 0 Å². The third-order valence-electron chi connectivity index (χ3n) is 4.44. The number of halogens is 2. The average Bonchev–Trinajstić information content (AvgIpc) is 2.65. The van der Waals surface area contributed by atoms with Gasteiger partial charge in [0.05, 0.1) is 0 Å². The number of para-hydroxylation sites is 1. The first-order valence-electron chi connectivity index (χ1n) is 8.80. The fourth-order valence-electron chi connectivity index (χ4n) is 3.11. The van der Waals surface area contributed by atoms with E-state index < -0.39 is 23.6 Å². The summed E-state index contributed by atoms with van der Waals surface area (Å²) in [5, 5.41) is 5.45. The van der Waals surface area contributed by atoms with E-state index in [0.717, 1.165) is 25.0 Å². The fourth-order valence-corrected chi connectivity index (χ4v) is 3.11. The molecule has 0 unspecified atom stereocenters. The van der Waals surface area contributed by atoms with Gasteiger partial charge >= 0.3 is 6.09 Å². The monoisotopic (exact) mass is 374 g/mol. The number of carbonyl (C=O) groups is 2. The van der Waals surface area contributed by atoms with Gasteiger partial charge < -0.3 is 10.1 Å². The Bertz CT molecular complexity index is 814. The van der Waals surface area contributed by atoms with Crippen LogP contribution in [0.2, 0.25) is 0 Å². The van der Waals surface area contributed by atoms with Gasteiger partial charge in [0, 0.05) is 23.7 Å². The lowest BCUT2D eigenvalue weighted by atomic mass is 9.92. The van der Waals surface area contributed by atoms with E-state index in [1.807, 2.05) is 6.07 Å². The van der Waals surface area contributed by atoms with Crippen molar-refractivity contribution in [2.75, 3.05) is 5.32 Å². The van der Waals surface area contributed by atoms with Crippen molar-refractivity contribution in [3.8, 4) is 0 Å². The minimum absolute atomic E-state index is 0.0544. The van der Waals surface area contributed by atoms with E-state index >= 15 is 0 Å². The van der Waals surface area contributed by atoms with Crippen molar-refractivity contribution in [1.82, 2.24) is 5.32 Å². The van der Waals surface area contributed by atoms with E-state index in [-0.39, 0.29) is 17.7 Å². The third kappa shape index (κ3) is 5.26. The molecule has 2 amide bonds. The van der Waals surface area contributed by atoms with Crippen LogP contribution in [0.25, 0.3) is 0 Å². The maximum atomic E-state index is 13.3. The summed E-state index contributed by atoms with van der Waals surface area (Å²) in [6, 6.07) is 11.8. The molecule has 2 atom stereocenters. The van der Waals surface area contributed by atoms with Crippen LogP contribution in [0.15, 0.2) is 48.5 Å². The highest BCUT2D eigenvalue weighted by molar-refractivity contribution is 5.94. The van der Waals surface area contributed by atoms with Crippen LogP contribution >= 0.6 is 0 Å². The normalized spacial score (nSPS) is 19.2. The SMILES string of the molecule is O=C(Nc1ccccc1)O[C@@H]1CCC[C@@H](NC(=O)c2ccc(F)c(F)c2)C1. The Balaban J connectivity index is 1.52. The molecule has 2 N–H and O–H groups in total. The molecule has 1 aliphatic rings. The van der Waals surface area contributed by atoms with Gasteiger partial charge in [0.2, 0.25) is 0 Å². The first-order valence-corrected chi connectivity index (χ1v) is 8.80. The molecule has 0 aromatic heterocycles. The maximum absolute atomic E-state index is 13.3. The first kappa shape index (κ1) is 18.8. The largest absolute Gasteiger partial charge is 0.446 e. The molecule has 27 heavy (non-hydrogen) atoms. The lowest BCUT2D eigenvalue weighted by Crippen LogP contribution is -2.41. The van der Waals surface area contributed by atoms with Crippen LogP contribution in [-0.2, 0) is 4.74 Å². The number of hydrogen-bond donors (Lipinski definition) is 2. The molecule has 7 heteroatoms. The summed E-state index contributed by atoms with van der Waals surface area (Å²) < 4.78 is 31.7. The summed E-state index contributed by atoms with van der Waals surface area (Å²) in [5.74, 6) is -2.54. The lowest BCUT2D eigenvalue weighted by Gasteiger charge is -2.29. The minimum atomic E-state index is -1.06. The van der Waals surface area contributed by atoms with Gasteiger partial charge in [-0.05, 0) is 49.6 Å². The highest BCUT2D eigenvalue weighted by atomic mass is 19.2. The summed E-state index contributed by atoms with van der Waals surface area (Å²) in [4.78, 5) is 24.2. The molecule has 142 valence electrons. The quantitative estimate of drug-likeness (QED) is 0.841. The van der Waals surface area contributed by atoms with Crippen LogP contribution in [0.5, 0.6) is 0 Å². The smallest absolute Gasteiger partial charge is 0.411 e. The topological polar surface area (TPSA) is 67.4 Å². The van der Waals surface area contributed by atoms with E-state index in [4.69, 9.17) is 4.74 Å². The van der Waals surface area contributed by atoms with Gasteiger partial charge in [0.15, 0.2) is 11.6 Å². The fraction of sp³-hybridized carbons (Fsp3) is 0.300. The standard InChI is InChI=1S/C20H20F2N2O3/c21-17-10-9-13(11-18(17)22)19(25)23-15-7-4-8-16(12-15)27-20(26)24-14-5-2-1-3-6-14/h1-3,5-6,9-11,15-16H,4,7-8,12H2,(H,23,25)(H,24,26)/t15-,16-/m1/s1. The van der Waals surface area contributed by atoms with E-state index in [0.29, 0.717) is 18.5 Å². The summed E-state index contributed by atoms with van der Waals surface area (Å²) in [7, 11) is 0. The number of carbonyl (C=O) groups excluding carboxylic acids is 2. The summed E-state index contributed by atoms with van der Waals surface area (Å²) >= 11 is 0. The van der Waals surface area contributed by atoms with Crippen LogP contribution in [0.3, 0.4) is 0 Å². The second-order valence-electron chi connectivity index (χ2n) is 6.48. The van der Waals surface area contributed by atoms with Crippen LogP contribution < -0.4 is 10.6 Å². The van der Waals surface area contributed by atoms with E-state index in [1.165, 1.54) is 6.07 Å². The number of benzene rings is 2. The zero-order valence-corrected chi connectivity index (χ0v) is 14.6. The molecule has 0 bridgehead atoms. The molecule has 0 radical (unpaired) electrons. The molecule has 0 heterocycles. The number of nitrogens with one attached hydrogen (secondary N) is 2. The first-order chi connectivity index (χ1) is 13.0. The predicted octanol–water partition coefficient (Wildman–Crippen LogP) is 4.25. The molecule has 1 aliphatic carbocycles. The van der Waals surface area contributed by atoms with Crippen LogP contribution in [0.4, 0.5) is 19.3 Å². The van der Waals surface area contributed by atoms with Gasteiger partial charge in [-0.3, -0.25) is 10.1 Å². The summed E-state index contributed by atoms with van der Waals surface area (Å²) in [5.41, 5.74) is 0.695. The van der Waals surface area contributed by atoms with Gasteiger partial charge in [0.1, 0.15) is 6.10 Å². The molecule has 1 fully saturated rings. The van der Waals surface area contributed by atoms with Crippen molar-refractivity contribution in [3.63, 3.8) is 0 Å². The number of ether oxygens (including phenoxy) is 1. The lowest BCUT2D eigenvalue weighted by molar-refractivity contribution is 0.0712. The molecule has 2 aromatic rings. The van der Waals surface area contributed by atoms with Gasteiger partial charge in [-0.1, -0.05) is 18.2 Å². The predicted molar refractivity (Wildman–Crippen MR) is 96.4 cm³/mol. The molecular weight excluding hydrogens is 354 g/mol. The third-order valence-corrected chi connectivity index (χ3v) is 4.44. The molecule has 1 saturated carbocycles. The van der Waals surface area contributed by atoms with E-state index in [2.05, 4.69) is 10.6 Å². The second-order valence-corrected chi connectivity index (χ2v) is 6.48. The summed E-state index contributed by atoms with van der Waals surface area (Å²) in [6.45, 7) is 0. The highest BCUT2D eigenvalue weighted by Gasteiger charge is 2.26. The number of anilines is 1. The molecule has 2 aromatic carbocycles. The Kier molecular flexibility index (Phi) is 6.01. The zero-order chi connectivity index (χ0) is 19.2.